The molecule has 2 atom stereocenters. The predicted molar refractivity (Wildman–Crippen MR) is 85.6 cm³/mol. The van der Waals surface area contributed by atoms with Crippen LogP contribution in [-0.4, -0.2) is 16.7 Å². The molecule has 2 N–H and O–H groups in total. The molecule has 0 bridgehead atoms. The standard InChI is InChI=1S/C17H28N2O2/c1-11-8-12(2)10-13(9-11)20-15-7-6-14(18)16(19-15)21-17(3,4)5/h6-7,11-13H,8-10,18H2,1-5H3. The maximum atomic E-state index is 6.06. The van der Waals surface area contributed by atoms with Crippen LogP contribution >= 0.6 is 0 Å². The molecule has 21 heavy (non-hydrogen) atoms. The van der Waals surface area contributed by atoms with Gasteiger partial charge in [0.1, 0.15) is 11.7 Å². The Kier molecular flexibility index (Phi) is 4.64. The van der Waals surface area contributed by atoms with Crippen LogP contribution in [-0.2, 0) is 0 Å². The molecule has 1 saturated carbocycles. The summed E-state index contributed by atoms with van der Waals surface area (Å²) in [5.74, 6) is 2.47. The van der Waals surface area contributed by atoms with E-state index in [1.54, 1.807) is 6.07 Å². The molecule has 0 aromatic carbocycles. The Morgan fingerprint density at radius 2 is 1.71 bits per heavy atom. The maximum Gasteiger partial charge on any atom is 0.241 e. The van der Waals surface area contributed by atoms with Crippen molar-refractivity contribution in [1.82, 2.24) is 4.98 Å². The maximum absolute atomic E-state index is 6.06. The number of hydrogen-bond acceptors (Lipinski definition) is 4. The second kappa shape index (κ2) is 6.12. The van der Waals surface area contributed by atoms with Crippen molar-refractivity contribution in [2.24, 2.45) is 11.8 Å². The van der Waals surface area contributed by atoms with E-state index in [4.69, 9.17) is 15.2 Å². The summed E-state index contributed by atoms with van der Waals surface area (Å²) < 4.78 is 11.8. The van der Waals surface area contributed by atoms with E-state index >= 15 is 0 Å². The van der Waals surface area contributed by atoms with Gasteiger partial charge < -0.3 is 15.2 Å². The molecule has 2 unspecified atom stereocenters. The van der Waals surface area contributed by atoms with Crippen molar-refractivity contribution in [2.45, 2.75) is 65.6 Å². The minimum absolute atomic E-state index is 0.238. The lowest BCUT2D eigenvalue weighted by atomic mass is 9.82. The zero-order valence-corrected chi connectivity index (χ0v) is 13.8. The summed E-state index contributed by atoms with van der Waals surface area (Å²) >= 11 is 0. The molecule has 1 aliphatic carbocycles. The third kappa shape index (κ3) is 4.80. The van der Waals surface area contributed by atoms with E-state index in [-0.39, 0.29) is 11.7 Å². The summed E-state index contributed by atoms with van der Waals surface area (Å²) in [4.78, 5) is 4.43. The van der Waals surface area contributed by atoms with Crippen molar-refractivity contribution in [1.29, 1.82) is 0 Å². The summed E-state index contributed by atoms with van der Waals surface area (Å²) in [5, 5.41) is 0. The first-order valence-electron chi connectivity index (χ1n) is 7.85. The third-order valence-electron chi connectivity index (χ3n) is 3.69. The van der Waals surface area contributed by atoms with Crippen LogP contribution in [0, 0.1) is 11.8 Å². The van der Waals surface area contributed by atoms with Gasteiger partial charge in [-0.1, -0.05) is 13.8 Å². The number of aromatic nitrogens is 1. The highest BCUT2D eigenvalue weighted by atomic mass is 16.5. The van der Waals surface area contributed by atoms with Gasteiger partial charge in [0.25, 0.3) is 0 Å². The molecule has 1 aliphatic rings. The van der Waals surface area contributed by atoms with Gasteiger partial charge in [0.05, 0.1) is 5.69 Å². The number of nitrogens with zero attached hydrogens (tertiary/aromatic N) is 1. The highest BCUT2D eigenvalue weighted by molar-refractivity contribution is 5.49. The summed E-state index contributed by atoms with van der Waals surface area (Å²) in [6, 6.07) is 3.63. The van der Waals surface area contributed by atoms with E-state index in [1.807, 2.05) is 26.8 Å². The quantitative estimate of drug-likeness (QED) is 0.913. The Bertz CT molecular complexity index is 472. The zero-order valence-electron chi connectivity index (χ0n) is 13.8. The van der Waals surface area contributed by atoms with Gasteiger partial charge in [-0.3, -0.25) is 0 Å². The fraction of sp³-hybridized carbons (Fsp3) is 0.706. The second-order valence-electron chi connectivity index (χ2n) is 7.42. The molecule has 0 radical (unpaired) electrons. The molecule has 0 spiro atoms. The van der Waals surface area contributed by atoms with Crippen LogP contribution in [0.5, 0.6) is 11.8 Å². The molecule has 4 heteroatoms. The van der Waals surface area contributed by atoms with E-state index in [9.17, 15) is 0 Å². The van der Waals surface area contributed by atoms with Gasteiger partial charge in [-0.15, -0.1) is 0 Å². The first-order valence-corrected chi connectivity index (χ1v) is 7.85. The third-order valence-corrected chi connectivity index (χ3v) is 3.69. The van der Waals surface area contributed by atoms with Crippen molar-refractivity contribution in [3.05, 3.63) is 12.1 Å². The molecule has 2 rings (SSSR count). The summed E-state index contributed by atoms with van der Waals surface area (Å²) in [6.45, 7) is 10.5. The van der Waals surface area contributed by atoms with Crippen LogP contribution in [0.2, 0.25) is 0 Å². The Morgan fingerprint density at radius 1 is 1.10 bits per heavy atom. The normalized spacial score (nSPS) is 26.4. The Labute approximate surface area is 128 Å². The monoisotopic (exact) mass is 292 g/mol. The van der Waals surface area contributed by atoms with Crippen LogP contribution < -0.4 is 15.2 Å². The minimum atomic E-state index is -0.326. The van der Waals surface area contributed by atoms with E-state index in [2.05, 4.69) is 18.8 Å². The Hall–Kier alpha value is -1.45. The van der Waals surface area contributed by atoms with Crippen molar-refractivity contribution in [3.63, 3.8) is 0 Å². The van der Waals surface area contributed by atoms with Crippen LogP contribution in [0.15, 0.2) is 12.1 Å². The molecule has 0 saturated heterocycles. The highest BCUT2D eigenvalue weighted by Crippen LogP contribution is 2.32. The lowest BCUT2D eigenvalue weighted by molar-refractivity contribution is 0.0919. The highest BCUT2D eigenvalue weighted by Gasteiger charge is 2.26. The van der Waals surface area contributed by atoms with Gasteiger partial charge in [0, 0.05) is 6.07 Å². The fourth-order valence-electron chi connectivity index (χ4n) is 3.01. The smallest absolute Gasteiger partial charge is 0.241 e. The van der Waals surface area contributed by atoms with Gasteiger partial charge in [0.2, 0.25) is 11.8 Å². The van der Waals surface area contributed by atoms with Crippen LogP contribution in [0.3, 0.4) is 0 Å². The molecule has 0 amide bonds. The van der Waals surface area contributed by atoms with Gasteiger partial charge in [-0.2, -0.15) is 4.98 Å². The summed E-state index contributed by atoms with van der Waals surface area (Å²) in [6.07, 6.45) is 3.70. The Morgan fingerprint density at radius 3 is 2.29 bits per heavy atom. The molecule has 1 aromatic rings. The van der Waals surface area contributed by atoms with Crippen LogP contribution in [0.4, 0.5) is 5.69 Å². The zero-order chi connectivity index (χ0) is 15.6. The van der Waals surface area contributed by atoms with E-state index in [0.717, 1.165) is 12.8 Å². The molecule has 118 valence electrons. The van der Waals surface area contributed by atoms with Crippen LogP contribution in [0.25, 0.3) is 0 Å². The van der Waals surface area contributed by atoms with Gasteiger partial charge in [0.15, 0.2) is 0 Å². The molecule has 1 fully saturated rings. The fourth-order valence-corrected chi connectivity index (χ4v) is 3.01. The number of hydrogen-bond donors (Lipinski definition) is 1. The predicted octanol–water partition coefficient (Wildman–Crippen LogP) is 4.04. The van der Waals surface area contributed by atoms with E-state index in [1.165, 1.54) is 6.42 Å². The number of pyridine rings is 1. The van der Waals surface area contributed by atoms with E-state index < -0.39 is 0 Å². The number of nitrogens with two attached hydrogens (primary N) is 1. The molecular formula is C17H28N2O2. The number of rotatable bonds is 3. The lowest BCUT2D eigenvalue weighted by Gasteiger charge is -2.31. The van der Waals surface area contributed by atoms with Crippen molar-refractivity contribution < 1.29 is 9.47 Å². The molecule has 1 aromatic heterocycles. The number of nitrogen functional groups attached to an aromatic ring is 1. The van der Waals surface area contributed by atoms with Crippen LogP contribution in [0.1, 0.15) is 53.9 Å². The molecular weight excluding hydrogens is 264 g/mol. The largest absolute Gasteiger partial charge is 0.474 e. The SMILES string of the molecule is CC1CC(C)CC(Oc2ccc(N)c(OC(C)(C)C)n2)C1. The van der Waals surface area contributed by atoms with Crippen molar-refractivity contribution in [2.75, 3.05) is 5.73 Å². The number of ether oxygens (including phenoxy) is 2. The first kappa shape index (κ1) is 15.9. The minimum Gasteiger partial charge on any atom is -0.474 e. The molecule has 4 nitrogen and oxygen atoms in total. The van der Waals surface area contributed by atoms with Gasteiger partial charge in [-0.05, 0) is 57.9 Å². The van der Waals surface area contributed by atoms with Gasteiger partial charge in [-0.25, -0.2) is 0 Å². The molecule has 1 heterocycles. The topological polar surface area (TPSA) is 57.4 Å². The second-order valence-corrected chi connectivity index (χ2v) is 7.42. The Balaban J connectivity index is 2.08. The number of anilines is 1. The first-order chi connectivity index (χ1) is 9.73. The van der Waals surface area contributed by atoms with Crippen molar-refractivity contribution >= 4 is 5.69 Å². The van der Waals surface area contributed by atoms with E-state index in [0.29, 0.717) is 29.3 Å². The molecule has 0 aliphatic heterocycles. The summed E-state index contributed by atoms with van der Waals surface area (Å²) in [7, 11) is 0. The lowest BCUT2D eigenvalue weighted by Crippen LogP contribution is -2.29. The van der Waals surface area contributed by atoms with Gasteiger partial charge >= 0.3 is 0 Å². The summed E-state index contributed by atoms with van der Waals surface area (Å²) in [5.41, 5.74) is 6.15. The average molecular weight is 292 g/mol. The average Bonchev–Trinajstić information content (AvgIpc) is 2.30. The van der Waals surface area contributed by atoms with Crippen molar-refractivity contribution in [3.8, 4) is 11.8 Å².